The number of nitrogens with two attached hydrogens (primary N) is 1. The van der Waals surface area contributed by atoms with Crippen molar-refractivity contribution >= 4 is 13.6 Å². The van der Waals surface area contributed by atoms with Crippen LogP contribution in [-0.4, -0.2) is 31.7 Å². The van der Waals surface area contributed by atoms with Gasteiger partial charge in [-0.05, 0) is 36.6 Å². The maximum absolute atomic E-state index is 13.0. The highest BCUT2D eigenvalue weighted by molar-refractivity contribution is 6.17. The van der Waals surface area contributed by atoms with Gasteiger partial charge in [0, 0.05) is 6.54 Å². The minimum Gasteiger partial charge on any atom is -0.537 e. The van der Waals surface area contributed by atoms with Crippen molar-refractivity contribution < 1.29 is 27.6 Å². The molecule has 0 spiro atoms. The molecule has 27 heavy (non-hydrogen) atoms. The summed E-state index contributed by atoms with van der Waals surface area (Å²) in [4.78, 5) is 11.9. The molecule has 0 aliphatic carbocycles. The van der Waals surface area contributed by atoms with Crippen molar-refractivity contribution in [2.24, 2.45) is 17.6 Å². The molecule has 0 aliphatic heterocycles. The van der Waals surface area contributed by atoms with Crippen LogP contribution >= 0.6 is 0 Å². The maximum atomic E-state index is 13.0. The summed E-state index contributed by atoms with van der Waals surface area (Å²) in [6, 6.07) is 2.87. The van der Waals surface area contributed by atoms with Crippen molar-refractivity contribution in [1.82, 2.24) is 5.32 Å². The van der Waals surface area contributed by atoms with E-state index in [1.165, 1.54) is 12.5 Å². The smallest absolute Gasteiger partial charge is 0.537 e. The fourth-order valence-electron chi connectivity index (χ4n) is 1.76. The second kappa shape index (κ2) is 12.6. The summed E-state index contributed by atoms with van der Waals surface area (Å²) < 4.78 is 43.4. The van der Waals surface area contributed by atoms with Crippen LogP contribution in [0.1, 0.15) is 56.5 Å². The third kappa shape index (κ3) is 9.67. The molecule has 1 aromatic rings. The number of amides is 1. The largest absolute Gasteiger partial charge is 0.569 e. The lowest BCUT2D eigenvalue weighted by molar-refractivity contribution is -0.138. The van der Waals surface area contributed by atoms with Gasteiger partial charge in [-0.1, -0.05) is 40.5 Å². The number of benzene rings is 1. The predicted molar refractivity (Wildman–Crippen MR) is 100 cm³/mol. The van der Waals surface area contributed by atoms with Crippen LogP contribution in [0.2, 0.25) is 0 Å². The predicted octanol–water partition coefficient (Wildman–Crippen LogP) is 3.38. The van der Waals surface area contributed by atoms with Crippen molar-refractivity contribution in [2.45, 2.75) is 46.7 Å². The molecular formula is C18H29BF3N2O3. The van der Waals surface area contributed by atoms with Gasteiger partial charge in [0.25, 0.3) is 5.91 Å². The van der Waals surface area contributed by atoms with Crippen LogP contribution in [0.15, 0.2) is 18.2 Å². The molecule has 2 atom stereocenters. The van der Waals surface area contributed by atoms with Gasteiger partial charge in [0.2, 0.25) is 0 Å². The molecule has 1 aromatic carbocycles. The van der Waals surface area contributed by atoms with Crippen LogP contribution in [0.4, 0.5) is 13.2 Å². The average molecular weight is 389 g/mol. The Bertz CT molecular complexity index is 567. The van der Waals surface area contributed by atoms with Gasteiger partial charge in [0.05, 0.1) is 11.1 Å². The van der Waals surface area contributed by atoms with Gasteiger partial charge in [0.15, 0.2) is 0 Å². The summed E-state index contributed by atoms with van der Waals surface area (Å²) in [7, 11) is 0.276. The molecule has 2 unspecified atom stereocenters. The Balaban J connectivity index is 0.000000972. The zero-order valence-corrected chi connectivity index (χ0v) is 16.3. The van der Waals surface area contributed by atoms with Gasteiger partial charge in [0.1, 0.15) is 5.75 Å². The van der Waals surface area contributed by atoms with Crippen molar-refractivity contribution in [3.05, 3.63) is 29.3 Å². The molecule has 0 fully saturated rings. The van der Waals surface area contributed by atoms with E-state index in [9.17, 15) is 18.0 Å². The van der Waals surface area contributed by atoms with E-state index >= 15 is 0 Å². The van der Waals surface area contributed by atoms with Crippen LogP contribution in [0, 0.1) is 11.8 Å². The molecule has 1 radical (unpaired) electrons. The lowest BCUT2D eigenvalue weighted by Crippen LogP contribution is -2.30. The normalized spacial score (nSPS) is 13.1. The van der Waals surface area contributed by atoms with Crippen molar-refractivity contribution in [2.75, 3.05) is 13.1 Å². The Morgan fingerprint density at radius 3 is 2.26 bits per heavy atom. The topological polar surface area (TPSA) is 84.6 Å². The van der Waals surface area contributed by atoms with E-state index in [1.807, 2.05) is 13.8 Å². The van der Waals surface area contributed by atoms with Crippen molar-refractivity contribution in [3.8, 4) is 5.75 Å². The molecular weight excluding hydrogens is 360 g/mol. The molecule has 1 amide bonds. The lowest BCUT2D eigenvalue weighted by atomic mass is 10.0. The number of nitrogens with one attached hydrogen (secondary N) is 1. The molecule has 0 aromatic heterocycles. The Kier molecular flexibility index (Phi) is 11.8. The van der Waals surface area contributed by atoms with Gasteiger partial charge in [-0.25, -0.2) is 0 Å². The highest BCUT2D eigenvalue weighted by Crippen LogP contribution is 2.34. The molecule has 5 nitrogen and oxygen atoms in total. The number of halogens is 3. The molecule has 1 rings (SSSR count). The molecule has 0 saturated heterocycles. The third-order valence-corrected chi connectivity index (χ3v) is 4.14. The first-order chi connectivity index (χ1) is 12.6. The fraction of sp³-hybridized carbons (Fsp3) is 0.611. The van der Waals surface area contributed by atoms with E-state index in [-0.39, 0.29) is 19.4 Å². The Morgan fingerprint density at radius 1 is 1.26 bits per heavy atom. The van der Waals surface area contributed by atoms with E-state index in [2.05, 4.69) is 23.8 Å². The second-order valence-corrected chi connectivity index (χ2v) is 6.40. The monoisotopic (exact) mass is 389 g/mol. The van der Waals surface area contributed by atoms with Gasteiger partial charge in [-0.15, -0.1) is 0 Å². The molecule has 0 bridgehead atoms. The van der Waals surface area contributed by atoms with E-state index in [0.29, 0.717) is 18.5 Å². The van der Waals surface area contributed by atoms with Gasteiger partial charge in [-0.2, -0.15) is 13.2 Å². The summed E-state index contributed by atoms with van der Waals surface area (Å²) in [5.74, 6) is -0.106. The van der Waals surface area contributed by atoms with Gasteiger partial charge in [-0.3, -0.25) is 4.79 Å². The van der Waals surface area contributed by atoms with Crippen LogP contribution in [0.3, 0.4) is 0 Å². The number of hydrogen-bond acceptors (Lipinski definition) is 4. The first-order valence-electron chi connectivity index (χ1n) is 8.92. The number of hydrogen-bond donors (Lipinski definition) is 3. The zero-order valence-electron chi connectivity index (χ0n) is 16.3. The summed E-state index contributed by atoms with van der Waals surface area (Å²) in [6.45, 7) is 9.25. The van der Waals surface area contributed by atoms with E-state index in [0.717, 1.165) is 19.0 Å². The average Bonchev–Trinajstić information content (AvgIpc) is 2.65. The van der Waals surface area contributed by atoms with Crippen LogP contribution in [0.5, 0.6) is 5.75 Å². The van der Waals surface area contributed by atoms with Gasteiger partial charge < -0.3 is 20.7 Å². The Labute approximate surface area is 159 Å². The molecule has 153 valence electrons. The molecule has 4 N–H and O–H groups in total. The van der Waals surface area contributed by atoms with Crippen LogP contribution in [-0.2, 0) is 6.18 Å². The zero-order chi connectivity index (χ0) is 21.0. The highest BCUT2D eigenvalue weighted by Gasteiger charge is 2.35. The minimum absolute atomic E-state index is 0.176. The Hall–Kier alpha value is -1.74. The summed E-state index contributed by atoms with van der Waals surface area (Å²) in [6.07, 6.45) is -2.68. The molecule has 0 heterocycles. The number of carbonyl (C=O) groups is 1. The van der Waals surface area contributed by atoms with Crippen LogP contribution < -0.4 is 15.7 Å². The number of carbonyl (C=O) groups excluding carboxylic acids is 1. The summed E-state index contributed by atoms with van der Waals surface area (Å²) in [5, 5.41) is 10.9. The first kappa shape index (κ1) is 25.3. The van der Waals surface area contributed by atoms with Crippen LogP contribution in [0.25, 0.3) is 0 Å². The highest BCUT2D eigenvalue weighted by atomic mass is 19.4. The number of rotatable bonds is 8. The molecule has 9 heteroatoms. The number of alkyl halides is 3. The SMILES string of the molecule is CCC(C)CN.CCC(C)CNC(=O)c1ccc(O[B]O)cc1C(F)(F)F. The van der Waals surface area contributed by atoms with E-state index in [4.69, 9.17) is 10.8 Å². The third-order valence-electron chi connectivity index (χ3n) is 4.14. The quantitative estimate of drug-likeness (QED) is 0.596. The van der Waals surface area contributed by atoms with E-state index < -0.39 is 23.2 Å². The molecule has 0 aliphatic rings. The lowest BCUT2D eigenvalue weighted by Gasteiger charge is -2.15. The summed E-state index contributed by atoms with van der Waals surface area (Å²) in [5.41, 5.74) is 3.70. The molecule has 0 saturated carbocycles. The standard InChI is InChI=1S/C13H16BF3NO3.C5H13N/c1-3-8(2)7-18-12(19)10-5-4-9(21-14-20)6-11(10)13(15,16)17;1-3-5(2)4-6/h4-6,8,20H,3,7H2,1-2H3,(H,18,19);5H,3-4,6H2,1-2H3. The second-order valence-electron chi connectivity index (χ2n) is 6.40. The minimum atomic E-state index is -4.70. The fourth-order valence-corrected chi connectivity index (χ4v) is 1.76. The first-order valence-corrected chi connectivity index (χ1v) is 8.92. The van der Waals surface area contributed by atoms with Crippen molar-refractivity contribution in [1.29, 1.82) is 0 Å². The van der Waals surface area contributed by atoms with Crippen molar-refractivity contribution in [3.63, 3.8) is 0 Å². The summed E-state index contributed by atoms with van der Waals surface area (Å²) >= 11 is 0. The Morgan fingerprint density at radius 2 is 1.85 bits per heavy atom. The van der Waals surface area contributed by atoms with E-state index in [1.54, 1.807) is 0 Å². The maximum Gasteiger partial charge on any atom is 0.569 e. The van der Waals surface area contributed by atoms with Gasteiger partial charge >= 0.3 is 13.9 Å².